The van der Waals surface area contributed by atoms with Gasteiger partial charge in [-0.1, -0.05) is 17.7 Å². The van der Waals surface area contributed by atoms with Crippen LogP contribution >= 0.6 is 11.6 Å². The van der Waals surface area contributed by atoms with E-state index >= 15 is 0 Å². The third-order valence-electron chi connectivity index (χ3n) is 3.71. The average Bonchev–Trinajstić information content (AvgIpc) is 2.39. The monoisotopic (exact) mass is 311 g/mol. The number of aliphatic carboxylic acids is 1. The van der Waals surface area contributed by atoms with Gasteiger partial charge in [-0.25, -0.2) is 0 Å². The van der Waals surface area contributed by atoms with Crippen molar-refractivity contribution >= 4 is 23.5 Å². The number of nitrogens with one attached hydrogen (secondary N) is 1. The van der Waals surface area contributed by atoms with Gasteiger partial charge in [-0.15, -0.1) is 0 Å². The fourth-order valence-electron chi connectivity index (χ4n) is 2.36. The summed E-state index contributed by atoms with van der Waals surface area (Å²) in [7, 11) is 1.55. The van der Waals surface area contributed by atoms with Gasteiger partial charge in [0.2, 0.25) is 5.91 Å². The molecular weight excluding hydrogens is 294 g/mol. The van der Waals surface area contributed by atoms with Gasteiger partial charge in [0.1, 0.15) is 5.75 Å². The fourth-order valence-corrected chi connectivity index (χ4v) is 2.64. The largest absolute Gasteiger partial charge is 0.495 e. The predicted octanol–water partition coefficient (Wildman–Crippen LogP) is 2.26. The van der Waals surface area contributed by atoms with Crippen LogP contribution in [0.15, 0.2) is 18.2 Å². The van der Waals surface area contributed by atoms with Crippen molar-refractivity contribution < 1.29 is 19.4 Å². The summed E-state index contributed by atoms with van der Waals surface area (Å²) in [4.78, 5) is 22.5. The van der Waals surface area contributed by atoms with Crippen molar-refractivity contribution in [2.45, 2.75) is 31.7 Å². The van der Waals surface area contributed by atoms with Crippen molar-refractivity contribution in [1.29, 1.82) is 0 Å². The maximum absolute atomic E-state index is 11.8. The summed E-state index contributed by atoms with van der Waals surface area (Å²) in [6, 6.07) is 5.44. The molecule has 6 heteroatoms. The molecule has 1 aromatic carbocycles. The minimum atomic E-state index is -0.784. The van der Waals surface area contributed by atoms with Crippen molar-refractivity contribution in [2.75, 3.05) is 7.11 Å². The van der Waals surface area contributed by atoms with Crippen molar-refractivity contribution in [3.8, 4) is 5.75 Å². The van der Waals surface area contributed by atoms with Gasteiger partial charge in [-0.05, 0) is 37.0 Å². The minimum absolute atomic E-state index is 0.00180. The molecule has 0 radical (unpaired) electrons. The number of hydrogen-bond acceptors (Lipinski definition) is 3. The van der Waals surface area contributed by atoms with Crippen LogP contribution in [0, 0.1) is 5.92 Å². The Bertz CT molecular complexity index is 540. The zero-order valence-electron chi connectivity index (χ0n) is 11.8. The number of carboxylic acids is 1. The van der Waals surface area contributed by atoms with Crippen molar-refractivity contribution in [2.24, 2.45) is 5.92 Å². The average molecular weight is 312 g/mol. The molecule has 0 saturated heterocycles. The van der Waals surface area contributed by atoms with Crippen LogP contribution in [0.25, 0.3) is 0 Å². The Morgan fingerprint density at radius 3 is 2.71 bits per heavy atom. The first-order valence-electron chi connectivity index (χ1n) is 6.84. The second-order valence-corrected chi connectivity index (χ2v) is 5.65. The quantitative estimate of drug-likeness (QED) is 0.845. The van der Waals surface area contributed by atoms with E-state index in [0.29, 0.717) is 36.5 Å². The van der Waals surface area contributed by atoms with Gasteiger partial charge in [0.25, 0.3) is 0 Å². The Morgan fingerprint density at radius 2 is 2.14 bits per heavy atom. The molecule has 1 aromatic rings. The van der Waals surface area contributed by atoms with Gasteiger partial charge in [0.05, 0.1) is 18.1 Å². The second-order valence-electron chi connectivity index (χ2n) is 5.24. The second kappa shape index (κ2) is 6.80. The van der Waals surface area contributed by atoms with Crippen LogP contribution < -0.4 is 10.1 Å². The summed E-state index contributed by atoms with van der Waals surface area (Å²) in [5.41, 5.74) is 0.966. The molecule has 0 bridgehead atoms. The number of halogens is 1. The Labute approximate surface area is 128 Å². The van der Waals surface area contributed by atoms with E-state index in [4.69, 9.17) is 21.4 Å². The number of methoxy groups -OCH3 is 1. The molecule has 1 amide bonds. The van der Waals surface area contributed by atoms with Crippen LogP contribution in [-0.2, 0) is 16.0 Å². The van der Waals surface area contributed by atoms with Gasteiger partial charge in [0, 0.05) is 12.5 Å². The van der Waals surface area contributed by atoms with Gasteiger partial charge < -0.3 is 15.2 Å². The van der Waals surface area contributed by atoms with Crippen LogP contribution in [0.4, 0.5) is 0 Å². The van der Waals surface area contributed by atoms with Crippen molar-refractivity contribution in [3.63, 3.8) is 0 Å². The summed E-state index contributed by atoms with van der Waals surface area (Å²) in [5.74, 6) is -0.543. The van der Waals surface area contributed by atoms with Crippen LogP contribution in [-0.4, -0.2) is 30.1 Å². The van der Waals surface area contributed by atoms with E-state index in [-0.39, 0.29) is 17.9 Å². The fraction of sp³-hybridized carbons (Fsp3) is 0.467. The molecule has 1 fully saturated rings. The lowest BCUT2D eigenvalue weighted by atomic mass is 9.80. The smallest absolute Gasteiger partial charge is 0.306 e. The third kappa shape index (κ3) is 4.11. The number of aryl methyl sites for hydroxylation is 1. The summed E-state index contributed by atoms with van der Waals surface area (Å²) in [5, 5.41) is 12.1. The maximum atomic E-state index is 11.8. The first kappa shape index (κ1) is 15.6. The van der Waals surface area contributed by atoms with Gasteiger partial charge in [-0.2, -0.15) is 0 Å². The normalized spacial score (nSPS) is 20.5. The molecule has 1 saturated carbocycles. The molecular formula is C15H18ClNO4. The standard InChI is InChI=1S/C15H18ClNO4/c1-21-13-4-2-9(6-12(13)16)3-5-14(18)17-11-7-10(8-11)15(19)20/h2,4,6,10-11H,3,5,7-8H2,1H3,(H,17,18)(H,19,20). The number of carbonyl (C=O) groups is 2. The van der Waals surface area contributed by atoms with E-state index in [2.05, 4.69) is 5.32 Å². The Morgan fingerprint density at radius 1 is 1.43 bits per heavy atom. The van der Waals surface area contributed by atoms with E-state index in [1.54, 1.807) is 19.2 Å². The van der Waals surface area contributed by atoms with Gasteiger partial charge >= 0.3 is 5.97 Å². The molecule has 0 atom stereocenters. The van der Waals surface area contributed by atoms with E-state index in [1.807, 2.05) is 6.07 Å². The van der Waals surface area contributed by atoms with Crippen molar-refractivity contribution in [3.05, 3.63) is 28.8 Å². The topological polar surface area (TPSA) is 75.6 Å². The van der Waals surface area contributed by atoms with Crippen LogP contribution in [0.5, 0.6) is 5.75 Å². The molecule has 1 aliphatic rings. The lowest BCUT2D eigenvalue weighted by Gasteiger charge is -2.32. The van der Waals surface area contributed by atoms with Gasteiger partial charge in [-0.3, -0.25) is 9.59 Å². The molecule has 0 unspecified atom stereocenters. The van der Waals surface area contributed by atoms with E-state index in [1.165, 1.54) is 0 Å². The number of carboxylic acid groups (broad SMARTS) is 1. The molecule has 2 N–H and O–H groups in total. The predicted molar refractivity (Wildman–Crippen MR) is 78.6 cm³/mol. The first-order chi connectivity index (χ1) is 9.99. The highest BCUT2D eigenvalue weighted by atomic mass is 35.5. The molecule has 114 valence electrons. The van der Waals surface area contributed by atoms with E-state index in [0.717, 1.165) is 5.56 Å². The number of hydrogen-bond donors (Lipinski definition) is 2. The van der Waals surface area contributed by atoms with Crippen LogP contribution in [0.2, 0.25) is 5.02 Å². The van der Waals surface area contributed by atoms with E-state index in [9.17, 15) is 9.59 Å². The molecule has 2 rings (SSSR count). The molecule has 0 aromatic heterocycles. The summed E-state index contributed by atoms with van der Waals surface area (Å²) in [6.07, 6.45) is 1.99. The molecule has 0 heterocycles. The Balaban J connectivity index is 1.74. The molecule has 5 nitrogen and oxygen atoms in total. The van der Waals surface area contributed by atoms with Crippen molar-refractivity contribution in [1.82, 2.24) is 5.32 Å². The zero-order valence-corrected chi connectivity index (χ0v) is 12.5. The maximum Gasteiger partial charge on any atom is 0.306 e. The third-order valence-corrected chi connectivity index (χ3v) is 4.00. The molecule has 21 heavy (non-hydrogen) atoms. The lowest BCUT2D eigenvalue weighted by Crippen LogP contribution is -2.46. The van der Waals surface area contributed by atoms with E-state index < -0.39 is 5.97 Å². The summed E-state index contributed by atoms with van der Waals surface area (Å²) in [6.45, 7) is 0. The number of benzene rings is 1. The number of rotatable bonds is 6. The number of carbonyl (C=O) groups excluding carboxylic acids is 1. The highest BCUT2D eigenvalue weighted by Gasteiger charge is 2.35. The van der Waals surface area contributed by atoms with Crippen LogP contribution in [0.3, 0.4) is 0 Å². The van der Waals surface area contributed by atoms with Crippen LogP contribution in [0.1, 0.15) is 24.8 Å². The summed E-state index contributed by atoms with van der Waals surface area (Å²) >= 11 is 6.03. The highest BCUT2D eigenvalue weighted by molar-refractivity contribution is 6.32. The number of amides is 1. The molecule has 0 aliphatic heterocycles. The van der Waals surface area contributed by atoms with Gasteiger partial charge in [0.15, 0.2) is 0 Å². The summed E-state index contributed by atoms with van der Waals surface area (Å²) < 4.78 is 5.07. The number of ether oxygens (including phenoxy) is 1. The Kier molecular flexibility index (Phi) is 5.07. The SMILES string of the molecule is COc1ccc(CCC(=O)NC2CC(C(=O)O)C2)cc1Cl. The lowest BCUT2D eigenvalue weighted by molar-refractivity contribution is -0.146. The highest BCUT2D eigenvalue weighted by Crippen LogP contribution is 2.28. The Hall–Kier alpha value is -1.75. The zero-order chi connectivity index (χ0) is 15.4. The molecule has 0 spiro atoms. The first-order valence-corrected chi connectivity index (χ1v) is 7.22. The molecule has 1 aliphatic carbocycles. The minimum Gasteiger partial charge on any atom is -0.495 e.